The van der Waals surface area contributed by atoms with Crippen LogP contribution in [0.1, 0.15) is 50.7 Å². The van der Waals surface area contributed by atoms with Crippen LogP contribution in [0.25, 0.3) is 43.5 Å². The second kappa shape index (κ2) is 8.27. The van der Waals surface area contributed by atoms with Crippen molar-refractivity contribution in [3.8, 4) is 0 Å². The summed E-state index contributed by atoms with van der Waals surface area (Å²) in [7, 11) is 0. The van der Waals surface area contributed by atoms with Gasteiger partial charge in [0.1, 0.15) is 11.2 Å². The average molecular weight is 427 g/mol. The molecular weight excluding hydrogens is 400 g/mol. The smallest absolute Gasteiger partial charge is 0.345 e. The second-order valence-electron chi connectivity index (χ2n) is 8.44. The van der Waals surface area contributed by atoms with E-state index in [0.717, 1.165) is 60.1 Å². The van der Waals surface area contributed by atoms with Gasteiger partial charge in [0.15, 0.2) is 0 Å². The van der Waals surface area contributed by atoms with Gasteiger partial charge in [0.2, 0.25) is 0 Å². The number of rotatable bonds is 6. The van der Waals surface area contributed by atoms with E-state index in [0.29, 0.717) is 21.9 Å². The normalized spacial score (nSPS) is 11.8. The molecule has 32 heavy (non-hydrogen) atoms. The van der Waals surface area contributed by atoms with Crippen LogP contribution in [0.3, 0.4) is 0 Å². The number of unbranched alkanes of at least 4 members (excludes halogenated alkanes) is 2. The lowest BCUT2D eigenvalue weighted by Gasteiger charge is -2.18. The molecule has 0 fully saturated rings. The van der Waals surface area contributed by atoms with Gasteiger partial charge in [-0.1, -0.05) is 63.1 Å². The molecule has 0 spiro atoms. The molecule has 0 bridgehead atoms. The van der Waals surface area contributed by atoms with E-state index in [9.17, 15) is 9.59 Å². The van der Waals surface area contributed by atoms with Gasteiger partial charge in [-0.25, -0.2) is 9.59 Å². The maximum absolute atomic E-state index is 13.3. The van der Waals surface area contributed by atoms with Crippen molar-refractivity contribution in [2.75, 3.05) is 0 Å². The molecule has 5 rings (SSSR count). The van der Waals surface area contributed by atoms with Gasteiger partial charge in [0, 0.05) is 21.5 Å². The molecule has 3 aromatic carbocycles. The predicted octanol–water partition coefficient (Wildman–Crippen LogP) is 6.89. The highest BCUT2D eigenvalue weighted by atomic mass is 16.4. The molecule has 4 nitrogen and oxygen atoms in total. The SMILES string of the molecule is CCCCc1c(CCCC)c2c3ccccc3oc(=O)c2c2c(=O)oc3ccccc3c12. The number of hydrogen-bond acceptors (Lipinski definition) is 4. The summed E-state index contributed by atoms with van der Waals surface area (Å²) < 4.78 is 11.4. The Morgan fingerprint density at radius 3 is 1.41 bits per heavy atom. The Kier molecular flexibility index (Phi) is 5.30. The van der Waals surface area contributed by atoms with Crippen LogP contribution in [-0.4, -0.2) is 0 Å². The number of benzene rings is 3. The molecule has 162 valence electrons. The highest BCUT2D eigenvalue weighted by molar-refractivity contribution is 6.22. The van der Waals surface area contributed by atoms with Crippen molar-refractivity contribution in [1.82, 2.24) is 0 Å². The topological polar surface area (TPSA) is 60.4 Å². The van der Waals surface area contributed by atoms with E-state index in [1.165, 1.54) is 11.1 Å². The summed E-state index contributed by atoms with van der Waals surface area (Å²) in [4.78, 5) is 26.6. The summed E-state index contributed by atoms with van der Waals surface area (Å²) in [6.45, 7) is 4.34. The average Bonchev–Trinajstić information content (AvgIpc) is 2.81. The van der Waals surface area contributed by atoms with Gasteiger partial charge in [-0.2, -0.15) is 0 Å². The molecule has 0 saturated carbocycles. The van der Waals surface area contributed by atoms with Crippen molar-refractivity contribution in [3.05, 3.63) is 80.5 Å². The number of hydrogen-bond donors (Lipinski definition) is 0. The maximum atomic E-state index is 13.3. The fourth-order valence-electron chi connectivity index (χ4n) is 4.94. The Bertz CT molecular complexity index is 1470. The van der Waals surface area contributed by atoms with Crippen molar-refractivity contribution in [2.24, 2.45) is 0 Å². The van der Waals surface area contributed by atoms with Crippen LogP contribution < -0.4 is 11.3 Å². The van der Waals surface area contributed by atoms with E-state index < -0.39 is 11.3 Å². The lowest BCUT2D eigenvalue weighted by molar-refractivity contribution is 0.564. The van der Waals surface area contributed by atoms with Gasteiger partial charge in [0.25, 0.3) is 0 Å². The molecule has 0 amide bonds. The van der Waals surface area contributed by atoms with Crippen LogP contribution in [-0.2, 0) is 12.8 Å². The zero-order valence-electron chi connectivity index (χ0n) is 18.5. The van der Waals surface area contributed by atoms with Gasteiger partial charge in [-0.3, -0.25) is 0 Å². The fourth-order valence-corrected chi connectivity index (χ4v) is 4.94. The molecule has 0 aliphatic heterocycles. The zero-order chi connectivity index (χ0) is 22.2. The minimum atomic E-state index is -0.480. The molecule has 0 atom stereocenters. The number of para-hydroxylation sites is 2. The van der Waals surface area contributed by atoms with Crippen LogP contribution in [0.15, 0.2) is 67.0 Å². The second-order valence-corrected chi connectivity index (χ2v) is 8.44. The first-order valence-corrected chi connectivity index (χ1v) is 11.5. The standard InChI is InChI=1S/C28H26O4/c1-3-5-11-17-18(12-6-4-2)24-20-14-8-10-16-22(20)32-28(30)26(24)25-23(17)19-13-7-9-15-21(19)31-27(25)29/h7-10,13-16H,3-6,11-12H2,1-2H3. The highest BCUT2D eigenvalue weighted by Crippen LogP contribution is 2.38. The minimum absolute atomic E-state index is 0.351. The van der Waals surface area contributed by atoms with E-state index in [-0.39, 0.29) is 0 Å². The fraction of sp³-hybridized carbons (Fsp3) is 0.286. The minimum Gasteiger partial charge on any atom is -0.422 e. The summed E-state index contributed by atoms with van der Waals surface area (Å²) in [5.74, 6) is 0. The first kappa shape index (κ1) is 20.5. The molecule has 0 unspecified atom stereocenters. The molecular formula is C28H26O4. The lowest BCUT2D eigenvalue weighted by atomic mass is 9.86. The number of aryl methyl sites for hydroxylation is 2. The quantitative estimate of drug-likeness (QED) is 0.219. The Labute approximate surface area is 185 Å². The highest BCUT2D eigenvalue weighted by Gasteiger charge is 2.23. The third-order valence-corrected chi connectivity index (χ3v) is 6.40. The van der Waals surface area contributed by atoms with Gasteiger partial charge in [-0.15, -0.1) is 0 Å². The third kappa shape index (κ3) is 3.13. The Morgan fingerprint density at radius 1 is 0.594 bits per heavy atom. The molecule has 0 radical (unpaired) electrons. The van der Waals surface area contributed by atoms with Crippen LogP contribution in [0.4, 0.5) is 0 Å². The van der Waals surface area contributed by atoms with Crippen molar-refractivity contribution in [2.45, 2.75) is 52.4 Å². The van der Waals surface area contributed by atoms with Gasteiger partial charge >= 0.3 is 11.3 Å². The van der Waals surface area contributed by atoms with E-state index in [1.54, 1.807) is 0 Å². The molecule has 4 heteroatoms. The molecule has 0 N–H and O–H groups in total. The predicted molar refractivity (Wildman–Crippen MR) is 131 cm³/mol. The molecule has 0 aliphatic rings. The molecule has 2 heterocycles. The van der Waals surface area contributed by atoms with E-state index in [4.69, 9.17) is 8.83 Å². The van der Waals surface area contributed by atoms with Crippen molar-refractivity contribution >= 4 is 43.5 Å². The summed E-state index contributed by atoms with van der Waals surface area (Å²) in [6.07, 6.45) is 5.81. The largest absolute Gasteiger partial charge is 0.422 e. The zero-order valence-corrected chi connectivity index (χ0v) is 18.5. The summed E-state index contributed by atoms with van der Waals surface area (Å²) >= 11 is 0. The molecule has 0 aliphatic carbocycles. The van der Waals surface area contributed by atoms with Crippen LogP contribution in [0, 0.1) is 0 Å². The summed E-state index contributed by atoms with van der Waals surface area (Å²) in [5.41, 5.74) is 2.48. The van der Waals surface area contributed by atoms with Crippen molar-refractivity contribution < 1.29 is 8.83 Å². The molecule has 2 aromatic heterocycles. The van der Waals surface area contributed by atoms with E-state index in [2.05, 4.69) is 13.8 Å². The monoisotopic (exact) mass is 426 g/mol. The maximum Gasteiger partial charge on any atom is 0.345 e. The van der Waals surface area contributed by atoms with Crippen LogP contribution in [0.2, 0.25) is 0 Å². The van der Waals surface area contributed by atoms with E-state index >= 15 is 0 Å². The van der Waals surface area contributed by atoms with E-state index in [1.807, 2.05) is 48.5 Å². The van der Waals surface area contributed by atoms with Gasteiger partial charge in [0.05, 0.1) is 10.8 Å². The summed E-state index contributed by atoms with van der Waals surface area (Å²) in [6, 6.07) is 15.2. The third-order valence-electron chi connectivity index (χ3n) is 6.40. The van der Waals surface area contributed by atoms with Crippen molar-refractivity contribution in [1.29, 1.82) is 0 Å². The Balaban J connectivity index is 2.14. The van der Waals surface area contributed by atoms with Crippen molar-refractivity contribution in [3.63, 3.8) is 0 Å². The van der Waals surface area contributed by atoms with Crippen LogP contribution >= 0.6 is 0 Å². The first-order chi connectivity index (χ1) is 15.7. The Morgan fingerprint density at radius 2 is 1.00 bits per heavy atom. The number of fused-ring (bicyclic) bond motifs is 7. The Hall–Kier alpha value is -3.40. The first-order valence-electron chi connectivity index (χ1n) is 11.5. The van der Waals surface area contributed by atoms with Gasteiger partial charge < -0.3 is 8.83 Å². The lowest BCUT2D eigenvalue weighted by Crippen LogP contribution is -2.12. The molecule has 5 aromatic rings. The van der Waals surface area contributed by atoms with Gasteiger partial charge in [-0.05, 0) is 48.9 Å². The molecule has 0 saturated heterocycles. The van der Waals surface area contributed by atoms with Crippen LogP contribution in [0.5, 0.6) is 0 Å². The summed E-state index contributed by atoms with van der Waals surface area (Å²) in [5, 5.41) is 4.16.